The first-order valence-electron chi connectivity index (χ1n) is 11.8. The number of hydrogen-bond donors (Lipinski definition) is 2. The number of aromatic nitrogens is 2. The summed E-state index contributed by atoms with van der Waals surface area (Å²) < 4.78 is 43.9. The minimum absolute atomic E-state index is 0.0942. The van der Waals surface area contributed by atoms with Gasteiger partial charge in [-0.1, -0.05) is 6.07 Å². The second-order valence-electron chi connectivity index (χ2n) is 10.2. The maximum Gasteiger partial charge on any atom is 0.304 e. The highest BCUT2D eigenvalue weighted by Gasteiger charge is 2.47. The molecule has 0 atom stereocenters. The molecule has 36 heavy (non-hydrogen) atoms. The fourth-order valence-electron chi connectivity index (χ4n) is 5.05. The average molecular weight is 521 g/mol. The molecule has 2 fully saturated rings. The lowest BCUT2D eigenvalue weighted by Gasteiger charge is -2.27. The van der Waals surface area contributed by atoms with Gasteiger partial charge in [0.15, 0.2) is 5.69 Å². The van der Waals surface area contributed by atoms with E-state index in [0.29, 0.717) is 24.0 Å². The van der Waals surface area contributed by atoms with Crippen molar-refractivity contribution in [1.82, 2.24) is 19.2 Å². The molecule has 2 saturated heterocycles. The van der Waals surface area contributed by atoms with Gasteiger partial charge in [-0.2, -0.15) is 12.7 Å². The molecule has 2 aromatic rings. The number of piperidine rings is 1. The molecule has 194 valence electrons. The Bertz CT molecular complexity index is 1400. The third-order valence-corrected chi connectivity index (χ3v) is 9.51. The van der Waals surface area contributed by atoms with Crippen LogP contribution >= 0.6 is 0 Å². The molecule has 1 aromatic carbocycles. The van der Waals surface area contributed by atoms with Gasteiger partial charge in [0.25, 0.3) is 11.5 Å². The van der Waals surface area contributed by atoms with Gasteiger partial charge in [-0.25, -0.2) is 9.37 Å². The van der Waals surface area contributed by atoms with Crippen molar-refractivity contribution in [3.8, 4) is 5.75 Å². The fourth-order valence-corrected chi connectivity index (χ4v) is 6.93. The van der Waals surface area contributed by atoms with Crippen LogP contribution in [0.4, 0.5) is 16.0 Å². The first-order valence-corrected chi connectivity index (χ1v) is 13.2. The number of fused-ring (bicyclic) bond motifs is 2. The SMILES string of the molecule is CN1C(C)(C)CN(c2cc(F)ccc2CNC(=O)c2nc3n(c(=O)c2O)CC2CCN3CC2)S1(=O)=O. The number of hydrogen-bond acceptors (Lipinski definition) is 7. The molecule has 1 amide bonds. The second kappa shape index (κ2) is 8.44. The van der Waals surface area contributed by atoms with E-state index in [4.69, 9.17) is 0 Å². The lowest BCUT2D eigenvalue weighted by molar-refractivity contribution is 0.0942. The summed E-state index contributed by atoms with van der Waals surface area (Å²) in [6, 6.07) is 3.69. The molecule has 2 bridgehead atoms. The van der Waals surface area contributed by atoms with E-state index in [0.717, 1.165) is 36.3 Å². The highest BCUT2D eigenvalue weighted by molar-refractivity contribution is 7.90. The predicted octanol–water partition coefficient (Wildman–Crippen LogP) is 1.02. The average Bonchev–Trinajstić information content (AvgIpc) is 3.02. The van der Waals surface area contributed by atoms with Crippen molar-refractivity contribution in [2.45, 2.75) is 45.3 Å². The molecule has 1 aromatic heterocycles. The molecule has 5 heterocycles. The molecule has 0 saturated carbocycles. The van der Waals surface area contributed by atoms with Gasteiger partial charge in [0.2, 0.25) is 11.7 Å². The van der Waals surface area contributed by atoms with Crippen molar-refractivity contribution in [3.63, 3.8) is 0 Å². The molecule has 11 nitrogen and oxygen atoms in total. The van der Waals surface area contributed by atoms with Gasteiger partial charge in [0, 0.05) is 33.2 Å². The lowest BCUT2D eigenvalue weighted by atomic mass is 9.98. The second-order valence-corrected chi connectivity index (χ2v) is 12.1. The molecular weight excluding hydrogens is 491 g/mol. The molecule has 0 aliphatic carbocycles. The van der Waals surface area contributed by atoms with Crippen molar-refractivity contribution in [1.29, 1.82) is 0 Å². The lowest BCUT2D eigenvalue weighted by Crippen LogP contribution is -2.38. The quantitative estimate of drug-likeness (QED) is 0.616. The van der Waals surface area contributed by atoms with E-state index >= 15 is 0 Å². The van der Waals surface area contributed by atoms with Gasteiger partial charge in [-0.3, -0.25) is 18.5 Å². The van der Waals surface area contributed by atoms with Crippen LogP contribution in [0.1, 0.15) is 42.7 Å². The molecule has 0 spiro atoms. The zero-order chi connectivity index (χ0) is 26.0. The van der Waals surface area contributed by atoms with Crippen molar-refractivity contribution < 1.29 is 22.7 Å². The van der Waals surface area contributed by atoms with Crippen LogP contribution in [0.2, 0.25) is 0 Å². The van der Waals surface area contributed by atoms with Gasteiger partial charge in [-0.05, 0) is 50.3 Å². The van der Waals surface area contributed by atoms with Gasteiger partial charge in [0.05, 0.1) is 17.8 Å². The van der Waals surface area contributed by atoms with Gasteiger partial charge in [0.1, 0.15) is 5.82 Å². The van der Waals surface area contributed by atoms with Crippen molar-refractivity contribution >= 4 is 27.8 Å². The van der Waals surface area contributed by atoms with Crippen LogP contribution in [0.25, 0.3) is 0 Å². The Morgan fingerprint density at radius 3 is 2.61 bits per heavy atom. The summed E-state index contributed by atoms with van der Waals surface area (Å²) in [7, 11) is -2.44. The number of benzene rings is 1. The van der Waals surface area contributed by atoms with Crippen molar-refractivity contribution in [2.75, 3.05) is 35.9 Å². The molecule has 13 heteroatoms. The molecule has 6 rings (SSSR count). The standard InChI is InChI=1S/C23H29FN6O5S/c1-23(2)13-30(36(34,35)27(23)3)17-10-16(24)5-4-15(17)11-25-20(32)18-19(31)21(33)29-12-14-6-8-28(9-7-14)22(29)26-18/h4-5,10,14,31H,6-9,11-13H2,1-3H3,(H,25,32). The Hall–Kier alpha value is -3.19. The first kappa shape index (κ1) is 24.5. The van der Waals surface area contributed by atoms with E-state index in [1.807, 2.05) is 4.90 Å². The summed E-state index contributed by atoms with van der Waals surface area (Å²) in [5.41, 5.74) is -1.32. The number of nitrogens with zero attached hydrogens (tertiary/aromatic N) is 5. The topological polar surface area (TPSA) is 128 Å². The van der Waals surface area contributed by atoms with E-state index in [2.05, 4.69) is 10.3 Å². The van der Waals surface area contributed by atoms with Crippen LogP contribution in [0.3, 0.4) is 0 Å². The summed E-state index contributed by atoms with van der Waals surface area (Å²) in [4.78, 5) is 32.2. The number of nitrogens with one attached hydrogen (secondary N) is 1. The van der Waals surface area contributed by atoms with E-state index in [1.54, 1.807) is 13.8 Å². The zero-order valence-corrected chi connectivity index (χ0v) is 21.2. The third-order valence-electron chi connectivity index (χ3n) is 7.44. The normalized spacial score (nSPS) is 20.9. The number of halogens is 1. The Kier molecular flexibility index (Phi) is 5.75. The van der Waals surface area contributed by atoms with Gasteiger partial charge in [-0.15, -0.1) is 0 Å². The van der Waals surface area contributed by atoms with Crippen molar-refractivity contribution in [2.24, 2.45) is 5.92 Å². The largest absolute Gasteiger partial charge is 0.501 e. The van der Waals surface area contributed by atoms with Crippen LogP contribution in [-0.2, 0) is 23.3 Å². The molecule has 4 aliphatic rings. The molecule has 0 unspecified atom stereocenters. The Balaban J connectivity index is 1.44. The van der Waals surface area contributed by atoms with Crippen LogP contribution in [-0.4, -0.2) is 65.5 Å². The van der Waals surface area contributed by atoms with Gasteiger partial charge >= 0.3 is 10.2 Å². The number of anilines is 2. The highest BCUT2D eigenvalue weighted by atomic mass is 32.2. The van der Waals surface area contributed by atoms with E-state index in [-0.39, 0.29) is 18.8 Å². The summed E-state index contributed by atoms with van der Waals surface area (Å²) in [6.07, 6.45) is 1.81. The van der Waals surface area contributed by atoms with Crippen LogP contribution in [0, 0.1) is 11.7 Å². The summed E-state index contributed by atoms with van der Waals surface area (Å²) in [5.74, 6) is -1.46. The summed E-state index contributed by atoms with van der Waals surface area (Å²) >= 11 is 0. The Morgan fingerprint density at radius 2 is 1.97 bits per heavy atom. The minimum Gasteiger partial charge on any atom is -0.501 e. The third kappa shape index (κ3) is 3.90. The van der Waals surface area contributed by atoms with Crippen molar-refractivity contribution in [3.05, 3.63) is 45.6 Å². The predicted molar refractivity (Wildman–Crippen MR) is 131 cm³/mol. The van der Waals surface area contributed by atoms with Gasteiger partial charge < -0.3 is 15.3 Å². The number of amides is 1. The van der Waals surface area contributed by atoms with Crippen LogP contribution < -0.4 is 20.1 Å². The van der Waals surface area contributed by atoms with E-state index in [1.165, 1.54) is 28.1 Å². The number of carbonyl (C=O) groups excluding carboxylic acids is 1. The van der Waals surface area contributed by atoms with E-state index < -0.39 is 44.5 Å². The molecular formula is C23H29FN6O5S. The first-order chi connectivity index (χ1) is 16.9. The highest BCUT2D eigenvalue weighted by Crippen LogP contribution is 2.36. The minimum atomic E-state index is -3.90. The Labute approximate surface area is 208 Å². The summed E-state index contributed by atoms with van der Waals surface area (Å²) in [5, 5.41) is 13.1. The molecule has 2 N–H and O–H groups in total. The van der Waals surface area contributed by atoms with Crippen LogP contribution in [0.15, 0.2) is 23.0 Å². The van der Waals surface area contributed by atoms with Crippen LogP contribution in [0.5, 0.6) is 5.75 Å². The molecule has 0 radical (unpaired) electrons. The number of carbonyl (C=O) groups is 1. The fraction of sp³-hybridized carbons (Fsp3) is 0.522. The number of aromatic hydroxyl groups is 1. The number of rotatable bonds is 4. The monoisotopic (exact) mass is 520 g/mol. The van der Waals surface area contributed by atoms with E-state index in [9.17, 15) is 27.5 Å². The summed E-state index contributed by atoms with van der Waals surface area (Å²) in [6.45, 7) is 5.33. The Morgan fingerprint density at radius 1 is 1.28 bits per heavy atom. The smallest absolute Gasteiger partial charge is 0.304 e. The zero-order valence-electron chi connectivity index (χ0n) is 20.4. The maximum atomic E-state index is 14.2. The molecule has 4 aliphatic heterocycles. The maximum absolute atomic E-state index is 14.2. The number of likely N-dealkylation sites (N-methyl/N-ethyl adjacent to an activating group) is 1.